The van der Waals surface area contributed by atoms with Crippen molar-refractivity contribution in [1.82, 2.24) is 16.0 Å². The zero-order chi connectivity index (χ0) is 13.9. The number of rotatable bonds is 7. The molecule has 0 aromatic carbocycles. The van der Waals surface area contributed by atoms with Crippen LogP contribution >= 0.6 is 35.3 Å². The molecule has 20 heavy (non-hydrogen) atoms. The topological polar surface area (TPSA) is 65.5 Å². The lowest BCUT2D eigenvalue weighted by Gasteiger charge is -2.10. The molecule has 7 heteroatoms. The van der Waals surface area contributed by atoms with E-state index in [-0.39, 0.29) is 36.4 Å². The number of hydrogen-bond donors (Lipinski definition) is 3. The van der Waals surface area contributed by atoms with E-state index in [0.29, 0.717) is 12.5 Å². The molecular weight excluding hydrogens is 387 g/mol. The zero-order valence-corrected chi connectivity index (χ0v) is 15.1. The minimum atomic E-state index is -0.0574. The lowest BCUT2D eigenvalue weighted by Crippen LogP contribution is -2.39. The van der Waals surface area contributed by atoms with Crippen molar-refractivity contribution in [2.24, 2.45) is 4.99 Å². The molecule has 1 aromatic heterocycles. The van der Waals surface area contributed by atoms with Crippen molar-refractivity contribution in [3.63, 3.8) is 0 Å². The minimum Gasteiger partial charge on any atom is -0.357 e. The number of thiophene rings is 1. The fourth-order valence-electron chi connectivity index (χ4n) is 1.50. The van der Waals surface area contributed by atoms with Gasteiger partial charge < -0.3 is 16.0 Å². The summed E-state index contributed by atoms with van der Waals surface area (Å²) in [6.07, 6.45) is 0.962. The highest BCUT2D eigenvalue weighted by atomic mass is 127. The molecular formula is C13H23IN4OS. The third kappa shape index (κ3) is 8.36. The van der Waals surface area contributed by atoms with Crippen molar-refractivity contribution in [1.29, 1.82) is 0 Å². The molecule has 5 nitrogen and oxygen atoms in total. The predicted octanol–water partition coefficient (Wildman–Crippen LogP) is 1.60. The Morgan fingerprint density at radius 2 is 2.00 bits per heavy atom. The standard InChI is InChI=1S/C13H22N4OS.HI/c1-3-14-12(18)10-17-13(15-4-2)16-8-7-11-6-5-9-19-11;/h5-6,9H,3-4,7-8,10H2,1-2H3,(H,14,18)(H2,15,16,17);1H. The van der Waals surface area contributed by atoms with Crippen molar-refractivity contribution >= 4 is 47.2 Å². The average molecular weight is 410 g/mol. The summed E-state index contributed by atoms with van der Waals surface area (Å²) in [5, 5.41) is 11.1. The van der Waals surface area contributed by atoms with Crippen LogP contribution in [0.25, 0.3) is 0 Å². The Morgan fingerprint density at radius 3 is 2.60 bits per heavy atom. The first-order valence-electron chi connectivity index (χ1n) is 6.57. The molecule has 0 radical (unpaired) electrons. The Balaban J connectivity index is 0.00000361. The number of likely N-dealkylation sites (N-methyl/N-ethyl adjacent to an activating group) is 1. The highest BCUT2D eigenvalue weighted by Crippen LogP contribution is 2.07. The fraction of sp³-hybridized carbons (Fsp3) is 0.538. The number of carbonyl (C=O) groups excluding carboxylic acids is 1. The van der Waals surface area contributed by atoms with E-state index in [1.54, 1.807) is 11.3 Å². The maximum absolute atomic E-state index is 11.3. The molecule has 1 rings (SSSR count). The van der Waals surface area contributed by atoms with Crippen LogP contribution in [0.5, 0.6) is 0 Å². The summed E-state index contributed by atoms with van der Waals surface area (Å²) < 4.78 is 0. The van der Waals surface area contributed by atoms with Gasteiger partial charge in [0, 0.05) is 24.5 Å². The normalized spacial score (nSPS) is 10.6. The van der Waals surface area contributed by atoms with Crippen molar-refractivity contribution < 1.29 is 4.79 Å². The molecule has 3 N–H and O–H groups in total. The minimum absolute atomic E-state index is 0. The Bertz CT molecular complexity index is 395. The summed E-state index contributed by atoms with van der Waals surface area (Å²) in [6.45, 7) is 6.27. The maximum Gasteiger partial charge on any atom is 0.241 e. The molecule has 1 aromatic rings. The first kappa shape index (κ1) is 19.2. The van der Waals surface area contributed by atoms with Crippen LogP contribution in [0, 0.1) is 0 Å². The largest absolute Gasteiger partial charge is 0.357 e. The molecule has 0 bridgehead atoms. The molecule has 0 aliphatic heterocycles. The molecule has 0 saturated carbocycles. The molecule has 114 valence electrons. The molecule has 0 unspecified atom stereocenters. The third-order valence-corrected chi connectivity index (χ3v) is 3.28. The van der Waals surface area contributed by atoms with Crippen molar-refractivity contribution in [3.8, 4) is 0 Å². The number of carbonyl (C=O) groups is 1. The van der Waals surface area contributed by atoms with Crippen molar-refractivity contribution in [3.05, 3.63) is 22.4 Å². The van der Waals surface area contributed by atoms with E-state index in [1.807, 2.05) is 19.9 Å². The van der Waals surface area contributed by atoms with Gasteiger partial charge in [-0.05, 0) is 31.7 Å². The number of aliphatic imine (C=N–C) groups is 1. The van der Waals surface area contributed by atoms with Gasteiger partial charge in [0.15, 0.2) is 5.96 Å². The number of hydrogen-bond acceptors (Lipinski definition) is 3. The third-order valence-electron chi connectivity index (χ3n) is 2.34. The van der Waals surface area contributed by atoms with Gasteiger partial charge in [0.25, 0.3) is 0 Å². The molecule has 1 heterocycles. The van der Waals surface area contributed by atoms with Crippen LogP contribution in [0.15, 0.2) is 22.5 Å². The van der Waals surface area contributed by atoms with Crippen LogP contribution in [-0.2, 0) is 11.2 Å². The second-order valence-electron chi connectivity index (χ2n) is 3.90. The van der Waals surface area contributed by atoms with Gasteiger partial charge in [0.05, 0.1) is 0 Å². The fourth-order valence-corrected chi connectivity index (χ4v) is 2.21. The van der Waals surface area contributed by atoms with Gasteiger partial charge in [0.2, 0.25) is 5.91 Å². The smallest absolute Gasteiger partial charge is 0.241 e. The van der Waals surface area contributed by atoms with Crippen molar-refractivity contribution in [2.45, 2.75) is 20.3 Å². The summed E-state index contributed by atoms with van der Waals surface area (Å²) in [4.78, 5) is 16.9. The summed E-state index contributed by atoms with van der Waals surface area (Å²) in [5.74, 6) is 0.628. The second kappa shape index (κ2) is 12.0. The quantitative estimate of drug-likeness (QED) is 0.364. The van der Waals surface area contributed by atoms with Crippen LogP contribution in [-0.4, -0.2) is 38.0 Å². The summed E-state index contributed by atoms with van der Waals surface area (Å²) in [5.41, 5.74) is 0. The van der Waals surface area contributed by atoms with Crippen LogP contribution in [0.1, 0.15) is 18.7 Å². The Kier molecular flexibility index (Phi) is 11.5. The summed E-state index contributed by atoms with van der Waals surface area (Å²) in [6, 6.07) is 4.17. The van der Waals surface area contributed by atoms with Crippen LogP contribution in [0.2, 0.25) is 0 Å². The Hall–Kier alpha value is -0.830. The van der Waals surface area contributed by atoms with E-state index in [4.69, 9.17) is 0 Å². The van der Waals surface area contributed by atoms with E-state index in [1.165, 1.54) is 4.88 Å². The van der Waals surface area contributed by atoms with Crippen molar-refractivity contribution in [2.75, 3.05) is 26.2 Å². The van der Waals surface area contributed by atoms with Gasteiger partial charge in [-0.1, -0.05) is 6.07 Å². The number of nitrogens with one attached hydrogen (secondary N) is 3. The molecule has 0 aliphatic rings. The van der Waals surface area contributed by atoms with Crippen LogP contribution in [0.3, 0.4) is 0 Å². The molecule has 0 spiro atoms. The SMILES string of the molecule is CCNC(=O)CN=C(NCC)NCCc1cccs1.I. The number of amides is 1. The van der Waals surface area contributed by atoms with Crippen LogP contribution < -0.4 is 16.0 Å². The first-order chi connectivity index (χ1) is 9.26. The molecule has 0 atom stereocenters. The van der Waals surface area contributed by atoms with Crippen LogP contribution in [0.4, 0.5) is 0 Å². The summed E-state index contributed by atoms with van der Waals surface area (Å²) >= 11 is 1.75. The molecule has 0 aliphatic carbocycles. The number of halogens is 1. The Labute approximate surface area is 141 Å². The number of nitrogens with zero attached hydrogens (tertiary/aromatic N) is 1. The van der Waals surface area contributed by atoms with Gasteiger partial charge in [-0.25, -0.2) is 4.99 Å². The average Bonchev–Trinajstić information content (AvgIpc) is 2.89. The lowest BCUT2D eigenvalue weighted by atomic mass is 10.3. The van der Waals surface area contributed by atoms with E-state index >= 15 is 0 Å². The van der Waals surface area contributed by atoms with E-state index < -0.39 is 0 Å². The highest BCUT2D eigenvalue weighted by Gasteiger charge is 2.01. The molecule has 1 amide bonds. The Morgan fingerprint density at radius 1 is 1.25 bits per heavy atom. The van der Waals surface area contributed by atoms with E-state index in [9.17, 15) is 4.79 Å². The monoisotopic (exact) mass is 410 g/mol. The van der Waals surface area contributed by atoms with Gasteiger partial charge in [-0.3, -0.25) is 4.79 Å². The lowest BCUT2D eigenvalue weighted by molar-refractivity contribution is -0.119. The van der Waals surface area contributed by atoms with Gasteiger partial charge >= 0.3 is 0 Å². The summed E-state index contributed by atoms with van der Waals surface area (Å²) in [7, 11) is 0. The van der Waals surface area contributed by atoms with Gasteiger partial charge in [-0.15, -0.1) is 35.3 Å². The van der Waals surface area contributed by atoms with E-state index in [2.05, 4.69) is 32.4 Å². The van der Waals surface area contributed by atoms with E-state index in [0.717, 1.165) is 19.5 Å². The highest BCUT2D eigenvalue weighted by molar-refractivity contribution is 14.0. The van der Waals surface area contributed by atoms with Gasteiger partial charge in [0.1, 0.15) is 6.54 Å². The molecule has 0 saturated heterocycles. The predicted molar refractivity (Wildman–Crippen MR) is 96.1 cm³/mol. The maximum atomic E-state index is 11.3. The number of guanidine groups is 1. The van der Waals surface area contributed by atoms with Gasteiger partial charge in [-0.2, -0.15) is 0 Å². The first-order valence-corrected chi connectivity index (χ1v) is 7.45. The zero-order valence-electron chi connectivity index (χ0n) is 11.9. The molecule has 0 fully saturated rings. The second-order valence-corrected chi connectivity index (χ2v) is 4.94.